The zero-order valence-electron chi connectivity index (χ0n) is 6.26. The number of hydrogen-bond acceptors (Lipinski definition) is 4. The maximum Gasteiger partial charge on any atom is 0.526 e. The third-order valence-corrected chi connectivity index (χ3v) is 0.742. The average molecular weight is 238 g/mol. The van der Waals surface area contributed by atoms with E-state index in [1.807, 2.05) is 0 Å². The van der Waals surface area contributed by atoms with Gasteiger partial charge in [0.15, 0.2) is 0 Å². The van der Waals surface area contributed by atoms with Crippen molar-refractivity contribution in [2.24, 2.45) is 0 Å². The molecule has 0 unspecified atom stereocenters. The molecule has 0 amide bonds. The molecular weight excluding hydrogens is 230 g/mol. The Morgan fingerprint density at radius 2 is 1.31 bits per heavy atom. The maximum absolute atomic E-state index is 9.74. The Kier molecular flexibility index (Phi) is 6.39. The lowest BCUT2D eigenvalue weighted by molar-refractivity contribution is -0.133. The number of hydrogen-bond donors (Lipinski definition) is 5. The second-order valence-electron chi connectivity index (χ2n) is 1.59. The first-order valence-corrected chi connectivity index (χ1v) is 5.55. The lowest BCUT2D eigenvalue weighted by Crippen LogP contribution is -1.94. The molecule has 0 rings (SSSR count). The fourth-order valence-electron chi connectivity index (χ4n) is 0.167. The van der Waals surface area contributed by atoms with Gasteiger partial charge in [-0.2, -0.15) is 0 Å². The molecule has 80 valence electrons. The molecule has 0 fully saturated rings. The summed E-state index contributed by atoms with van der Waals surface area (Å²) in [4.78, 5) is 47.0. The summed E-state index contributed by atoms with van der Waals surface area (Å²) in [6.07, 6.45) is 0. The molecular formula is C2H8O9P2. The van der Waals surface area contributed by atoms with E-state index in [1.54, 1.807) is 0 Å². The molecule has 0 aromatic carbocycles. The number of carbonyl (C=O) groups excluding carboxylic acids is 1. The van der Waals surface area contributed by atoms with E-state index < -0.39 is 21.6 Å². The van der Waals surface area contributed by atoms with Gasteiger partial charge in [0.25, 0.3) is 0 Å². The van der Waals surface area contributed by atoms with E-state index >= 15 is 0 Å². The van der Waals surface area contributed by atoms with Crippen molar-refractivity contribution < 1.29 is 42.9 Å². The van der Waals surface area contributed by atoms with Crippen LogP contribution < -0.4 is 0 Å². The second-order valence-corrected chi connectivity index (χ2v) is 3.78. The molecule has 9 nitrogen and oxygen atoms in total. The van der Waals surface area contributed by atoms with Gasteiger partial charge in [0.2, 0.25) is 0 Å². The van der Waals surface area contributed by atoms with Crippen LogP contribution in [0.2, 0.25) is 0 Å². The summed E-state index contributed by atoms with van der Waals surface area (Å²) in [6, 6.07) is 0. The molecule has 0 aromatic heterocycles. The molecule has 0 aromatic rings. The van der Waals surface area contributed by atoms with Gasteiger partial charge in [-0.3, -0.25) is 14.6 Å². The van der Waals surface area contributed by atoms with Crippen molar-refractivity contribution in [2.75, 3.05) is 0 Å². The lowest BCUT2D eigenvalue weighted by Gasteiger charge is -1.98. The molecule has 0 bridgehead atoms. The SMILES string of the molecule is CC(=O)OP(=O)(O)O.O=P(O)(O)O. The summed E-state index contributed by atoms with van der Waals surface area (Å²) in [5.41, 5.74) is 0. The molecule has 0 spiro atoms. The van der Waals surface area contributed by atoms with E-state index in [1.165, 1.54) is 0 Å². The number of phosphoric ester groups is 1. The summed E-state index contributed by atoms with van der Waals surface area (Å²) in [6.45, 7) is 0.916. The summed E-state index contributed by atoms with van der Waals surface area (Å²) < 4.78 is 22.0. The van der Waals surface area contributed by atoms with E-state index in [0.717, 1.165) is 6.92 Å². The number of phosphoric acid groups is 2. The molecule has 0 aliphatic heterocycles. The number of rotatable bonds is 1. The quantitative estimate of drug-likeness (QED) is 0.350. The first kappa shape index (κ1) is 15.2. The highest BCUT2D eigenvalue weighted by atomic mass is 31.2. The van der Waals surface area contributed by atoms with Gasteiger partial charge < -0.3 is 19.2 Å². The van der Waals surface area contributed by atoms with E-state index in [9.17, 15) is 9.36 Å². The van der Waals surface area contributed by atoms with Crippen LogP contribution in [0.3, 0.4) is 0 Å². The van der Waals surface area contributed by atoms with Crippen LogP contribution in [0.1, 0.15) is 6.92 Å². The van der Waals surface area contributed by atoms with Crippen LogP contribution in [0.25, 0.3) is 0 Å². The molecule has 0 aliphatic rings. The van der Waals surface area contributed by atoms with Crippen molar-refractivity contribution >= 4 is 21.6 Å². The van der Waals surface area contributed by atoms with Crippen LogP contribution in [0.5, 0.6) is 0 Å². The Morgan fingerprint density at radius 3 is 1.31 bits per heavy atom. The van der Waals surface area contributed by atoms with E-state index in [2.05, 4.69) is 4.52 Å². The third-order valence-electron chi connectivity index (χ3n) is 0.247. The third kappa shape index (κ3) is 49.6. The first-order valence-electron chi connectivity index (χ1n) is 2.46. The highest BCUT2D eigenvalue weighted by Gasteiger charge is 2.16. The van der Waals surface area contributed by atoms with Crippen LogP contribution in [0.15, 0.2) is 0 Å². The predicted octanol–water partition coefficient (Wildman–Crippen LogP) is -1.29. The molecule has 0 saturated heterocycles. The fourth-order valence-corrected chi connectivity index (χ4v) is 0.502. The molecule has 0 radical (unpaired) electrons. The minimum Gasteiger partial charge on any atom is -0.371 e. The maximum atomic E-state index is 9.74. The van der Waals surface area contributed by atoms with E-state index in [4.69, 9.17) is 29.0 Å². The van der Waals surface area contributed by atoms with Crippen LogP contribution in [-0.4, -0.2) is 30.4 Å². The molecule has 0 heterocycles. The largest absolute Gasteiger partial charge is 0.526 e. The molecule has 0 atom stereocenters. The Labute approximate surface area is 72.5 Å². The standard InChI is InChI=1S/C2H5O5P.H3O4P/c1-2(3)7-8(4,5)6;1-5(2,3)4/h1H3,(H2,4,5,6);(H3,1,2,3,4). The Balaban J connectivity index is 0. The second kappa shape index (κ2) is 5.46. The zero-order valence-corrected chi connectivity index (χ0v) is 8.05. The van der Waals surface area contributed by atoms with Gasteiger partial charge in [-0.1, -0.05) is 0 Å². The Bertz CT molecular complexity index is 236. The van der Waals surface area contributed by atoms with Crippen LogP contribution in [0, 0.1) is 0 Å². The topological polar surface area (TPSA) is 162 Å². The van der Waals surface area contributed by atoms with Gasteiger partial charge in [0.1, 0.15) is 0 Å². The molecule has 0 saturated carbocycles. The lowest BCUT2D eigenvalue weighted by atomic mass is 10.9. The molecule has 0 aliphatic carbocycles. The normalized spacial score (nSPS) is 11.2. The van der Waals surface area contributed by atoms with Gasteiger partial charge >= 0.3 is 21.6 Å². The smallest absolute Gasteiger partial charge is 0.371 e. The highest BCUT2D eigenvalue weighted by molar-refractivity contribution is 7.46. The van der Waals surface area contributed by atoms with Gasteiger partial charge in [-0.15, -0.1) is 0 Å². The van der Waals surface area contributed by atoms with Crippen molar-refractivity contribution in [1.29, 1.82) is 0 Å². The van der Waals surface area contributed by atoms with Crippen LogP contribution in [0.4, 0.5) is 0 Å². The molecule has 13 heavy (non-hydrogen) atoms. The summed E-state index contributed by atoms with van der Waals surface area (Å²) in [7, 11) is -9.21. The summed E-state index contributed by atoms with van der Waals surface area (Å²) in [5.74, 6) is -0.988. The predicted molar refractivity (Wildman–Crippen MR) is 38.1 cm³/mol. The summed E-state index contributed by atoms with van der Waals surface area (Å²) in [5, 5.41) is 0. The summed E-state index contributed by atoms with van der Waals surface area (Å²) >= 11 is 0. The van der Waals surface area contributed by atoms with E-state index in [0.29, 0.717) is 0 Å². The number of carbonyl (C=O) groups is 1. The highest BCUT2D eigenvalue weighted by Crippen LogP contribution is 2.35. The van der Waals surface area contributed by atoms with Gasteiger partial charge in [-0.25, -0.2) is 9.13 Å². The fraction of sp³-hybridized carbons (Fsp3) is 0.500. The van der Waals surface area contributed by atoms with Crippen LogP contribution in [-0.2, 0) is 18.4 Å². The monoisotopic (exact) mass is 238 g/mol. The van der Waals surface area contributed by atoms with Gasteiger partial charge in [0, 0.05) is 6.92 Å². The van der Waals surface area contributed by atoms with Crippen LogP contribution >= 0.6 is 15.6 Å². The van der Waals surface area contributed by atoms with Gasteiger partial charge in [0.05, 0.1) is 0 Å². The van der Waals surface area contributed by atoms with Crippen molar-refractivity contribution in [3.63, 3.8) is 0 Å². The van der Waals surface area contributed by atoms with Crippen molar-refractivity contribution in [2.45, 2.75) is 6.92 Å². The zero-order chi connectivity index (χ0) is 11.3. The Morgan fingerprint density at radius 1 is 1.08 bits per heavy atom. The van der Waals surface area contributed by atoms with E-state index in [-0.39, 0.29) is 0 Å². The van der Waals surface area contributed by atoms with Crippen molar-refractivity contribution in [1.82, 2.24) is 0 Å². The molecule has 5 N–H and O–H groups in total. The minimum atomic E-state index is -4.64. The van der Waals surface area contributed by atoms with Crippen molar-refractivity contribution in [3.8, 4) is 0 Å². The first-order chi connectivity index (χ1) is 5.42. The Hall–Kier alpha value is -0.270. The van der Waals surface area contributed by atoms with Crippen molar-refractivity contribution in [3.05, 3.63) is 0 Å². The molecule has 11 heteroatoms. The average Bonchev–Trinajstić information content (AvgIpc) is 1.47. The van der Waals surface area contributed by atoms with Gasteiger partial charge in [-0.05, 0) is 0 Å². The minimum absolute atomic E-state index is 0.916.